The molecular formula is C21H27N5O. The molecule has 0 aliphatic carbocycles. The molecule has 0 aliphatic rings. The first-order valence-corrected chi connectivity index (χ1v) is 9.24. The number of aryl methyl sites for hydroxylation is 1. The van der Waals surface area contributed by atoms with Gasteiger partial charge in [0, 0.05) is 32.4 Å². The molecule has 0 aliphatic heterocycles. The monoisotopic (exact) mass is 365 g/mol. The van der Waals surface area contributed by atoms with E-state index in [4.69, 9.17) is 4.74 Å². The highest BCUT2D eigenvalue weighted by Gasteiger charge is 2.06. The molecule has 3 rings (SSSR count). The van der Waals surface area contributed by atoms with E-state index in [2.05, 4.69) is 39.8 Å². The van der Waals surface area contributed by atoms with Crippen molar-refractivity contribution in [3.8, 4) is 5.75 Å². The first kappa shape index (κ1) is 18.8. The average Bonchev–Trinajstić information content (AvgIpc) is 3.07. The van der Waals surface area contributed by atoms with Crippen LogP contribution in [0, 0.1) is 6.92 Å². The summed E-state index contributed by atoms with van der Waals surface area (Å²) in [6, 6.07) is 14.1. The third kappa shape index (κ3) is 5.48. The van der Waals surface area contributed by atoms with Gasteiger partial charge in [0.05, 0.1) is 12.2 Å². The third-order valence-corrected chi connectivity index (χ3v) is 4.19. The maximum atomic E-state index is 5.94. The number of nitrogens with one attached hydrogen (secondary N) is 2. The Morgan fingerprint density at radius 3 is 2.89 bits per heavy atom. The molecule has 6 heteroatoms. The van der Waals surface area contributed by atoms with Gasteiger partial charge in [0.25, 0.3) is 0 Å². The lowest BCUT2D eigenvalue weighted by molar-refractivity contribution is 0.223. The Hall–Kier alpha value is -3.02. The Bertz CT molecular complexity index is 869. The molecule has 2 heterocycles. The number of hydrogen-bond donors (Lipinski definition) is 2. The summed E-state index contributed by atoms with van der Waals surface area (Å²) >= 11 is 0. The van der Waals surface area contributed by atoms with E-state index in [1.165, 1.54) is 5.56 Å². The number of hydrogen-bond acceptors (Lipinski definition) is 3. The fourth-order valence-electron chi connectivity index (χ4n) is 2.84. The van der Waals surface area contributed by atoms with Gasteiger partial charge < -0.3 is 19.8 Å². The lowest BCUT2D eigenvalue weighted by Crippen LogP contribution is -2.42. The van der Waals surface area contributed by atoms with Crippen LogP contribution in [0.25, 0.3) is 5.65 Å². The van der Waals surface area contributed by atoms with Gasteiger partial charge in [-0.25, -0.2) is 4.98 Å². The Balaban J connectivity index is 1.42. The molecule has 1 atom stereocenters. The van der Waals surface area contributed by atoms with Gasteiger partial charge in [0.2, 0.25) is 0 Å². The zero-order valence-electron chi connectivity index (χ0n) is 16.1. The van der Waals surface area contributed by atoms with Gasteiger partial charge in [-0.1, -0.05) is 18.2 Å². The molecule has 0 bridgehead atoms. The third-order valence-electron chi connectivity index (χ3n) is 4.19. The Kier molecular flexibility index (Phi) is 6.30. The maximum absolute atomic E-state index is 5.94. The molecule has 1 aromatic carbocycles. The normalized spacial score (nSPS) is 12.8. The summed E-state index contributed by atoms with van der Waals surface area (Å²) in [5.41, 5.74) is 3.22. The van der Waals surface area contributed by atoms with Crippen LogP contribution in [0.3, 0.4) is 0 Å². The minimum atomic E-state index is 0.0313. The molecule has 0 amide bonds. The minimum Gasteiger partial charge on any atom is -0.489 e. The summed E-state index contributed by atoms with van der Waals surface area (Å²) in [4.78, 5) is 8.87. The van der Waals surface area contributed by atoms with Crippen LogP contribution in [-0.4, -0.2) is 41.6 Å². The summed E-state index contributed by atoms with van der Waals surface area (Å²) < 4.78 is 7.97. The van der Waals surface area contributed by atoms with E-state index in [-0.39, 0.29) is 6.10 Å². The average molecular weight is 365 g/mol. The van der Waals surface area contributed by atoms with Crippen molar-refractivity contribution in [1.29, 1.82) is 0 Å². The molecule has 0 fully saturated rings. The van der Waals surface area contributed by atoms with Crippen LogP contribution in [0.2, 0.25) is 0 Å². The van der Waals surface area contributed by atoms with Crippen molar-refractivity contribution in [1.82, 2.24) is 20.0 Å². The highest BCUT2D eigenvalue weighted by atomic mass is 16.5. The zero-order chi connectivity index (χ0) is 19.1. The Morgan fingerprint density at radius 2 is 2.11 bits per heavy atom. The number of imidazole rings is 1. The maximum Gasteiger partial charge on any atom is 0.191 e. The quantitative estimate of drug-likeness (QED) is 0.499. The fraction of sp³-hybridized carbons (Fsp3) is 0.333. The van der Waals surface area contributed by atoms with E-state index >= 15 is 0 Å². The van der Waals surface area contributed by atoms with Gasteiger partial charge in [0.1, 0.15) is 17.5 Å². The smallest absolute Gasteiger partial charge is 0.191 e. The van der Waals surface area contributed by atoms with Crippen LogP contribution in [0.1, 0.15) is 18.2 Å². The fourth-order valence-corrected chi connectivity index (χ4v) is 2.84. The number of ether oxygens (including phenoxy) is 1. The number of pyridine rings is 1. The predicted molar refractivity (Wildman–Crippen MR) is 110 cm³/mol. The summed E-state index contributed by atoms with van der Waals surface area (Å²) in [6.45, 7) is 5.53. The molecule has 0 saturated carbocycles. The van der Waals surface area contributed by atoms with E-state index in [1.807, 2.05) is 53.9 Å². The van der Waals surface area contributed by atoms with Crippen molar-refractivity contribution in [3.63, 3.8) is 0 Å². The predicted octanol–water partition coefficient (Wildman–Crippen LogP) is 2.82. The van der Waals surface area contributed by atoms with Gasteiger partial charge in [-0.15, -0.1) is 0 Å². The van der Waals surface area contributed by atoms with E-state index in [0.29, 0.717) is 6.54 Å². The summed E-state index contributed by atoms with van der Waals surface area (Å²) in [7, 11) is 1.77. The molecule has 0 spiro atoms. The van der Waals surface area contributed by atoms with Crippen LogP contribution in [0.5, 0.6) is 5.75 Å². The Labute approximate surface area is 160 Å². The molecule has 142 valence electrons. The first-order valence-electron chi connectivity index (χ1n) is 9.24. The zero-order valence-corrected chi connectivity index (χ0v) is 16.1. The molecule has 0 saturated heterocycles. The van der Waals surface area contributed by atoms with Gasteiger partial charge >= 0.3 is 0 Å². The molecule has 27 heavy (non-hydrogen) atoms. The molecule has 2 aromatic heterocycles. The number of aromatic nitrogens is 2. The number of rotatable bonds is 7. The molecule has 0 radical (unpaired) electrons. The van der Waals surface area contributed by atoms with E-state index in [9.17, 15) is 0 Å². The number of guanidine groups is 1. The van der Waals surface area contributed by atoms with Crippen LogP contribution in [0.15, 0.2) is 59.9 Å². The Morgan fingerprint density at radius 1 is 1.22 bits per heavy atom. The SMILES string of the molecule is CN=C(NCCc1cn2ccccc2n1)NCC(C)Oc1cccc(C)c1. The lowest BCUT2D eigenvalue weighted by Gasteiger charge is -2.18. The van der Waals surface area contributed by atoms with Gasteiger partial charge in [-0.05, 0) is 43.7 Å². The van der Waals surface area contributed by atoms with E-state index in [1.54, 1.807) is 7.05 Å². The number of nitrogens with zero attached hydrogens (tertiary/aromatic N) is 3. The molecule has 1 unspecified atom stereocenters. The van der Waals surface area contributed by atoms with Crippen LogP contribution in [0.4, 0.5) is 0 Å². The van der Waals surface area contributed by atoms with Crippen LogP contribution in [-0.2, 0) is 6.42 Å². The summed E-state index contributed by atoms with van der Waals surface area (Å²) in [5, 5.41) is 6.63. The van der Waals surface area contributed by atoms with Gasteiger partial charge in [0.15, 0.2) is 5.96 Å². The highest BCUT2D eigenvalue weighted by molar-refractivity contribution is 5.79. The second-order valence-electron chi connectivity index (χ2n) is 6.57. The standard InChI is InChI=1S/C21H27N5O/c1-16-7-6-8-19(13-16)27-17(2)14-24-21(22-3)23-11-10-18-15-26-12-5-4-9-20(26)25-18/h4-9,12-13,15,17H,10-11,14H2,1-3H3,(H2,22,23,24). The van der Waals surface area contributed by atoms with Crippen molar-refractivity contribution in [2.75, 3.05) is 20.1 Å². The second kappa shape index (κ2) is 9.07. The minimum absolute atomic E-state index is 0.0313. The lowest BCUT2D eigenvalue weighted by atomic mass is 10.2. The van der Waals surface area contributed by atoms with Crippen molar-refractivity contribution >= 4 is 11.6 Å². The second-order valence-corrected chi connectivity index (χ2v) is 6.57. The van der Waals surface area contributed by atoms with Crippen molar-refractivity contribution in [2.45, 2.75) is 26.4 Å². The van der Waals surface area contributed by atoms with E-state index in [0.717, 1.165) is 36.0 Å². The van der Waals surface area contributed by atoms with Crippen LogP contribution >= 0.6 is 0 Å². The molecule has 2 N–H and O–H groups in total. The number of fused-ring (bicyclic) bond motifs is 1. The van der Waals surface area contributed by atoms with Crippen LogP contribution < -0.4 is 15.4 Å². The topological polar surface area (TPSA) is 63.0 Å². The summed E-state index contributed by atoms with van der Waals surface area (Å²) in [6.07, 6.45) is 4.93. The van der Waals surface area contributed by atoms with Gasteiger partial charge in [-0.3, -0.25) is 4.99 Å². The molecule has 6 nitrogen and oxygen atoms in total. The first-order chi connectivity index (χ1) is 13.1. The van der Waals surface area contributed by atoms with Crippen molar-refractivity contribution in [2.24, 2.45) is 4.99 Å². The van der Waals surface area contributed by atoms with Gasteiger partial charge in [-0.2, -0.15) is 0 Å². The number of aliphatic imine (C=N–C) groups is 1. The highest BCUT2D eigenvalue weighted by Crippen LogP contribution is 2.13. The largest absolute Gasteiger partial charge is 0.489 e. The van der Waals surface area contributed by atoms with Crippen molar-refractivity contribution in [3.05, 3.63) is 66.1 Å². The molecular weight excluding hydrogens is 338 g/mol. The summed E-state index contributed by atoms with van der Waals surface area (Å²) in [5.74, 6) is 1.65. The molecule has 3 aromatic rings. The number of benzene rings is 1. The van der Waals surface area contributed by atoms with Crippen molar-refractivity contribution < 1.29 is 4.74 Å². The van der Waals surface area contributed by atoms with E-state index < -0.39 is 0 Å².